The van der Waals surface area contributed by atoms with Crippen LogP contribution in [0.5, 0.6) is 0 Å². The number of nitrogens with zero attached hydrogens (tertiary/aromatic N) is 1. The summed E-state index contributed by atoms with van der Waals surface area (Å²) in [5.74, 6) is 0.587. The Balaban J connectivity index is 2.15. The van der Waals surface area contributed by atoms with E-state index in [0.29, 0.717) is 12.5 Å². The maximum absolute atomic E-state index is 11.6. The van der Waals surface area contributed by atoms with Crippen molar-refractivity contribution in [2.75, 3.05) is 19.6 Å². The van der Waals surface area contributed by atoms with Gasteiger partial charge in [-0.25, -0.2) is 4.79 Å². The average molecular weight is 213 g/mol. The molecular formula is C11H23N3O. The molecule has 0 aromatic rings. The van der Waals surface area contributed by atoms with E-state index in [4.69, 9.17) is 5.73 Å². The molecule has 0 saturated carbocycles. The average Bonchev–Trinajstić information content (AvgIpc) is 2.65. The molecule has 0 spiro atoms. The number of amides is 2. The van der Waals surface area contributed by atoms with Crippen molar-refractivity contribution >= 4 is 6.03 Å². The number of carbonyl (C=O) groups excluding carboxylic acids is 1. The Hall–Kier alpha value is -0.770. The van der Waals surface area contributed by atoms with Crippen molar-refractivity contribution in [1.29, 1.82) is 0 Å². The van der Waals surface area contributed by atoms with Crippen molar-refractivity contribution in [3.8, 4) is 0 Å². The first-order valence-electron chi connectivity index (χ1n) is 5.88. The second-order valence-corrected chi connectivity index (χ2v) is 4.77. The van der Waals surface area contributed by atoms with Gasteiger partial charge in [0.1, 0.15) is 0 Å². The largest absolute Gasteiger partial charge is 0.336 e. The van der Waals surface area contributed by atoms with Crippen molar-refractivity contribution in [1.82, 2.24) is 10.2 Å². The van der Waals surface area contributed by atoms with Gasteiger partial charge in [0.15, 0.2) is 0 Å². The smallest absolute Gasteiger partial charge is 0.317 e. The summed E-state index contributed by atoms with van der Waals surface area (Å²) < 4.78 is 0. The second-order valence-electron chi connectivity index (χ2n) is 4.77. The standard InChI is InChI=1S/C11H23N3O/c1-9(2)7-10(12)8-13-11(15)14-5-3-4-6-14/h9-10H,3-8,12H2,1-2H3,(H,13,15). The van der Waals surface area contributed by atoms with Gasteiger partial charge in [0.05, 0.1) is 0 Å². The number of urea groups is 1. The lowest BCUT2D eigenvalue weighted by molar-refractivity contribution is 0.207. The molecule has 1 atom stereocenters. The minimum absolute atomic E-state index is 0.0479. The summed E-state index contributed by atoms with van der Waals surface area (Å²) in [7, 11) is 0. The van der Waals surface area contributed by atoms with Crippen molar-refractivity contribution in [3.05, 3.63) is 0 Å². The molecule has 15 heavy (non-hydrogen) atoms. The van der Waals surface area contributed by atoms with Gasteiger partial charge in [-0.1, -0.05) is 13.8 Å². The first-order chi connectivity index (χ1) is 7.09. The van der Waals surface area contributed by atoms with E-state index in [1.54, 1.807) is 0 Å². The fraction of sp³-hybridized carbons (Fsp3) is 0.909. The SMILES string of the molecule is CC(C)CC(N)CNC(=O)N1CCCC1. The zero-order valence-electron chi connectivity index (χ0n) is 9.83. The lowest BCUT2D eigenvalue weighted by atomic mass is 10.0. The number of nitrogens with one attached hydrogen (secondary N) is 1. The summed E-state index contributed by atoms with van der Waals surface area (Å²) in [6, 6.07) is 0.128. The van der Waals surface area contributed by atoms with Gasteiger partial charge in [0.25, 0.3) is 0 Å². The number of nitrogens with two attached hydrogens (primary N) is 1. The normalized spacial score (nSPS) is 18.3. The Morgan fingerprint density at radius 1 is 1.40 bits per heavy atom. The molecule has 1 rings (SSSR count). The number of hydrogen-bond acceptors (Lipinski definition) is 2. The molecular weight excluding hydrogens is 190 g/mol. The zero-order valence-corrected chi connectivity index (χ0v) is 9.83. The predicted molar refractivity (Wildman–Crippen MR) is 61.6 cm³/mol. The summed E-state index contributed by atoms with van der Waals surface area (Å²) in [6.07, 6.45) is 3.22. The van der Waals surface area contributed by atoms with E-state index in [-0.39, 0.29) is 12.1 Å². The van der Waals surface area contributed by atoms with Crippen LogP contribution < -0.4 is 11.1 Å². The van der Waals surface area contributed by atoms with E-state index < -0.39 is 0 Å². The van der Waals surface area contributed by atoms with E-state index in [2.05, 4.69) is 19.2 Å². The van der Waals surface area contributed by atoms with Crippen LogP contribution in [-0.4, -0.2) is 36.6 Å². The Bertz CT molecular complexity index is 200. The maximum atomic E-state index is 11.6. The molecule has 1 unspecified atom stereocenters. The second kappa shape index (κ2) is 5.95. The van der Waals surface area contributed by atoms with E-state index in [1.165, 1.54) is 0 Å². The fourth-order valence-electron chi connectivity index (χ4n) is 1.94. The van der Waals surface area contributed by atoms with Crippen molar-refractivity contribution in [2.45, 2.75) is 39.2 Å². The monoisotopic (exact) mass is 213 g/mol. The minimum Gasteiger partial charge on any atom is -0.336 e. The molecule has 4 nitrogen and oxygen atoms in total. The van der Waals surface area contributed by atoms with Gasteiger partial charge in [-0.05, 0) is 25.2 Å². The predicted octanol–water partition coefficient (Wildman–Crippen LogP) is 1.17. The van der Waals surface area contributed by atoms with Crippen LogP contribution >= 0.6 is 0 Å². The molecule has 1 heterocycles. The first kappa shape index (κ1) is 12.3. The molecule has 0 radical (unpaired) electrons. The molecule has 1 aliphatic heterocycles. The number of hydrogen-bond donors (Lipinski definition) is 2. The zero-order chi connectivity index (χ0) is 11.3. The molecule has 88 valence electrons. The van der Waals surface area contributed by atoms with Crippen LogP contribution in [0, 0.1) is 5.92 Å². The highest BCUT2D eigenvalue weighted by atomic mass is 16.2. The Labute approximate surface area is 92.2 Å². The Morgan fingerprint density at radius 2 is 2.00 bits per heavy atom. The van der Waals surface area contributed by atoms with Crippen molar-refractivity contribution < 1.29 is 4.79 Å². The number of carbonyl (C=O) groups is 1. The highest BCUT2D eigenvalue weighted by molar-refractivity contribution is 5.74. The van der Waals surface area contributed by atoms with Gasteiger partial charge in [0.2, 0.25) is 0 Å². The third-order valence-electron chi connectivity index (χ3n) is 2.68. The highest BCUT2D eigenvalue weighted by Gasteiger charge is 2.17. The molecule has 0 aromatic carbocycles. The number of likely N-dealkylation sites (tertiary alicyclic amines) is 1. The maximum Gasteiger partial charge on any atom is 0.317 e. The van der Waals surface area contributed by atoms with Crippen LogP contribution in [-0.2, 0) is 0 Å². The van der Waals surface area contributed by atoms with Gasteiger partial charge < -0.3 is 16.0 Å². The van der Waals surface area contributed by atoms with E-state index in [1.807, 2.05) is 4.90 Å². The van der Waals surface area contributed by atoms with Crippen molar-refractivity contribution in [3.63, 3.8) is 0 Å². The van der Waals surface area contributed by atoms with Crippen LogP contribution in [0.15, 0.2) is 0 Å². The minimum atomic E-state index is 0.0479. The van der Waals surface area contributed by atoms with Gasteiger partial charge >= 0.3 is 6.03 Å². The molecule has 1 saturated heterocycles. The summed E-state index contributed by atoms with van der Waals surface area (Å²) in [6.45, 7) is 6.66. The van der Waals surface area contributed by atoms with Crippen LogP contribution in [0.3, 0.4) is 0 Å². The first-order valence-corrected chi connectivity index (χ1v) is 5.88. The molecule has 0 aliphatic carbocycles. The van der Waals surface area contributed by atoms with Crippen molar-refractivity contribution in [2.24, 2.45) is 11.7 Å². The van der Waals surface area contributed by atoms with Crippen LogP contribution in [0.2, 0.25) is 0 Å². The fourth-order valence-corrected chi connectivity index (χ4v) is 1.94. The van der Waals surface area contributed by atoms with Gasteiger partial charge in [0, 0.05) is 25.7 Å². The lowest BCUT2D eigenvalue weighted by Crippen LogP contribution is -2.44. The van der Waals surface area contributed by atoms with Crippen LogP contribution in [0.25, 0.3) is 0 Å². The molecule has 1 aliphatic rings. The molecule has 4 heteroatoms. The van der Waals surface area contributed by atoms with Gasteiger partial charge in [-0.2, -0.15) is 0 Å². The van der Waals surface area contributed by atoms with E-state index in [0.717, 1.165) is 32.4 Å². The Morgan fingerprint density at radius 3 is 2.53 bits per heavy atom. The summed E-state index contributed by atoms with van der Waals surface area (Å²) in [5, 5.41) is 2.89. The molecule has 2 amide bonds. The third-order valence-corrected chi connectivity index (χ3v) is 2.68. The quantitative estimate of drug-likeness (QED) is 0.736. The van der Waals surface area contributed by atoms with E-state index >= 15 is 0 Å². The summed E-state index contributed by atoms with van der Waals surface area (Å²) >= 11 is 0. The topological polar surface area (TPSA) is 58.4 Å². The summed E-state index contributed by atoms with van der Waals surface area (Å²) in [4.78, 5) is 13.5. The summed E-state index contributed by atoms with van der Waals surface area (Å²) in [5.41, 5.74) is 5.89. The lowest BCUT2D eigenvalue weighted by Gasteiger charge is -2.19. The molecule has 1 fully saturated rings. The third kappa shape index (κ3) is 4.51. The highest BCUT2D eigenvalue weighted by Crippen LogP contribution is 2.07. The number of rotatable bonds is 4. The van der Waals surface area contributed by atoms with Gasteiger partial charge in [-0.3, -0.25) is 0 Å². The Kier molecular flexibility index (Phi) is 4.88. The van der Waals surface area contributed by atoms with Gasteiger partial charge in [-0.15, -0.1) is 0 Å². The van der Waals surface area contributed by atoms with E-state index in [9.17, 15) is 4.79 Å². The van der Waals surface area contributed by atoms with Crippen LogP contribution in [0.4, 0.5) is 4.79 Å². The molecule has 3 N–H and O–H groups in total. The van der Waals surface area contributed by atoms with Crippen LogP contribution in [0.1, 0.15) is 33.1 Å². The molecule has 0 aromatic heterocycles. The molecule has 0 bridgehead atoms.